The number of carbonyl (C=O) groups excluding carboxylic acids is 1. The molecule has 3 heteroatoms. The summed E-state index contributed by atoms with van der Waals surface area (Å²) in [4.78, 5) is 14.0. The van der Waals surface area contributed by atoms with Gasteiger partial charge in [0, 0.05) is 25.7 Å². The molecule has 2 rings (SSSR count). The molecule has 1 aliphatic rings. The molecule has 1 saturated heterocycles. The van der Waals surface area contributed by atoms with E-state index >= 15 is 0 Å². The summed E-state index contributed by atoms with van der Waals surface area (Å²) < 4.78 is 4.99. The summed E-state index contributed by atoms with van der Waals surface area (Å²) in [6.45, 7) is 7.45. The average molecular weight is 273 g/mol. The number of benzene rings is 1. The highest BCUT2D eigenvalue weighted by atomic mass is 16.5. The fourth-order valence-electron chi connectivity index (χ4n) is 2.66. The Morgan fingerprint density at radius 1 is 1.40 bits per heavy atom. The molecule has 3 nitrogen and oxygen atoms in total. The van der Waals surface area contributed by atoms with E-state index in [2.05, 4.69) is 36.1 Å². The van der Waals surface area contributed by atoms with Crippen molar-refractivity contribution < 1.29 is 9.53 Å². The highest BCUT2D eigenvalue weighted by molar-refractivity contribution is 5.82. The molecule has 1 atom stereocenters. The largest absolute Gasteiger partial charge is 0.463 e. The molecule has 1 unspecified atom stereocenters. The van der Waals surface area contributed by atoms with Crippen LogP contribution in [0.5, 0.6) is 0 Å². The van der Waals surface area contributed by atoms with E-state index in [-0.39, 0.29) is 5.97 Å². The van der Waals surface area contributed by atoms with Crippen molar-refractivity contribution in [3.8, 4) is 0 Å². The standard InChI is InChI=1S/C17H23NO2/c1-3-20-17(19)11-16-9-10-18(12-14(16)2)13-15-7-5-4-6-8-15/h4-8,11,14H,3,9-10,12-13H2,1-2H3/b16-11-. The van der Waals surface area contributed by atoms with Crippen molar-refractivity contribution >= 4 is 5.97 Å². The summed E-state index contributed by atoms with van der Waals surface area (Å²) >= 11 is 0. The fraction of sp³-hybridized carbons (Fsp3) is 0.471. The van der Waals surface area contributed by atoms with Crippen LogP contribution in [0.15, 0.2) is 42.0 Å². The van der Waals surface area contributed by atoms with E-state index in [4.69, 9.17) is 4.74 Å². The number of esters is 1. The summed E-state index contributed by atoms with van der Waals surface area (Å²) in [6, 6.07) is 10.5. The molecule has 0 aromatic heterocycles. The lowest BCUT2D eigenvalue weighted by Gasteiger charge is -2.33. The number of piperidine rings is 1. The molecule has 1 aromatic rings. The quantitative estimate of drug-likeness (QED) is 0.624. The minimum atomic E-state index is -0.203. The number of ether oxygens (including phenoxy) is 1. The predicted octanol–water partition coefficient (Wildman–Crippen LogP) is 3.02. The summed E-state index contributed by atoms with van der Waals surface area (Å²) in [5, 5.41) is 0. The Kier molecular flexibility index (Phi) is 5.36. The van der Waals surface area contributed by atoms with E-state index in [9.17, 15) is 4.79 Å². The Hall–Kier alpha value is -1.61. The number of likely N-dealkylation sites (tertiary alicyclic amines) is 1. The zero-order valence-electron chi connectivity index (χ0n) is 12.3. The van der Waals surface area contributed by atoms with Crippen molar-refractivity contribution in [3.05, 3.63) is 47.5 Å². The van der Waals surface area contributed by atoms with E-state index in [0.29, 0.717) is 12.5 Å². The van der Waals surface area contributed by atoms with Crippen LogP contribution in [0.4, 0.5) is 0 Å². The van der Waals surface area contributed by atoms with E-state index < -0.39 is 0 Å². The van der Waals surface area contributed by atoms with Crippen molar-refractivity contribution in [2.24, 2.45) is 5.92 Å². The van der Waals surface area contributed by atoms with Crippen LogP contribution in [-0.2, 0) is 16.1 Å². The lowest BCUT2D eigenvalue weighted by Crippen LogP contribution is -2.35. The van der Waals surface area contributed by atoms with Crippen LogP contribution in [0.25, 0.3) is 0 Å². The SMILES string of the molecule is CCOC(=O)/C=C1/CCN(Cc2ccccc2)CC1C. The average Bonchev–Trinajstić information content (AvgIpc) is 2.43. The van der Waals surface area contributed by atoms with Crippen molar-refractivity contribution in [3.63, 3.8) is 0 Å². The molecule has 108 valence electrons. The van der Waals surface area contributed by atoms with E-state index in [1.807, 2.05) is 13.0 Å². The highest BCUT2D eigenvalue weighted by Crippen LogP contribution is 2.23. The summed E-state index contributed by atoms with van der Waals surface area (Å²) in [7, 11) is 0. The lowest BCUT2D eigenvalue weighted by molar-refractivity contribution is -0.137. The summed E-state index contributed by atoms with van der Waals surface area (Å²) in [5.41, 5.74) is 2.56. The molecule has 1 aromatic carbocycles. The first kappa shape index (κ1) is 14.8. The van der Waals surface area contributed by atoms with Gasteiger partial charge in [0.1, 0.15) is 0 Å². The Labute approximate surface area is 121 Å². The zero-order valence-corrected chi connectivity index (χ0v) is 12.3. The molecule has 1 aliphatic heterocycles. The van der Waals surface area contributed by atoms with E-state index in [1.54, 1.807) is 6.08 Å². The van der Waals surface area contributed by atoms with Crippen molar-refractivity contribution in [2.75, 3.05) is 19.7 Å². The first-order valence-corrected chi connectivity index (χ1v) is 7.32. The number of rotatable bonds is 4. The van der Waals surface area contributed by atoms with Gasteiger partial charge in [-0.25, -0.2) is 4.79 Å². The van der Waals surface area contributed by atoms with Gasteiger partial charge in [0.05, 0.1) is 6.61 Å². The van der Waals surface area contributed by atoms with Crippen LogP contribution < -0.4 is 0 Å². The van der Waals surface area contributed by atoms with Gasteiger partial charge in [-0.1, -0.05) is 42.8 Å². The molecule has 0 bridgehead atoms. The maximum atomic E-state index is 11.5. The highest BCUT2D eigenvalue weighted by Gasteiger charge is 2.21. The van der Waals surface area contributed by atoms with Crippen molar-refractivity contribution in [2.45, 2.75) is 26.8 Å². The second kappa shape index (κ2) is 7.25. The monoisotopic (exact) mass is 273 g/mol. The maximum absolute atomic E-state index is 11.5. The van der Waals surface area contributed by atoms with Crippen LogP contribution in [0.1, 0.15) is 25.8 Å². The molecule has 0 amide bonds. The van der Waals surface area contributed by atoms with Gasteiger partial charge in [0.15, 0.2) is 0 Å². The first-order chi connectivity index (χ1) is 9.69. The molecular formula is C17H23NO2. The summed E-state index contributed by atoms with van der Waals surface area (Å²) in [6.07, 6.45) is 2.64. The zero-order chi connectivity index (χ0) is 14.4. The minimum absolute atomic E-state index is 0.203. The molecular weight excluding hydrogens is 250 g/mol. The second-order valence-corrected chi connectivity index (χ2v) is 5.34. The van der Waals surface area contributed by atoms with Gasteiger partial charge < -0.3 is 4.74 Å². The predicted molar refractivity (Wildman–Crippen MR) is 80.2 cm³/mol. The molecule has 0 aliphatic carbocycles. The Morgan fingerprint density at radius 3 is 2.80 bits per heavy atom. The lowest BCUT2D eigenvalue weighted by atomic mass is 9.92. The fourth-order valence-corrected chi connectivity index (χ4v) is 2.66. The number of hydrogen-bond acceptors (Lipinski definition) is 3. The van der Waals surface area contributed by atoms with Crippen LogP contribution in [0.2, 0.25) is 0 Å². The number of nitrogens with zero attached hydrogens (tertiary/aromatic N) is 1. The molecule has 0 spiro atoms. The third kappa shape index (κ3) is 4.20. The Bertz CT molecular complexity index is 467. The van der Waals surface area contributed by atoms with Gasteiger partial charge in [0.25, 0.3) is 0 Å². The Morgan fingerprint density at radius 2 is 2.15 bits per heavy atom. The van der Waals surface area contributed by atoms with Gasteiger partial charge >= 0.3 is 5.97 Å². The van der Waals surface area contributed by atoms with Gasteiger partial charge in [-0.2, -0.15) is 0 Å². The van der Waals surface area contributed by atoms with Crippen LogP contribution >= 0.6 is 0 Å². The third-order valence-electron chi connectivity index (χ3n) is 3.72. The van der Waals surface area contributed by atoms with Gasteiger partial charge in [-0.3, -0.25) is 4.90 Å². The van der Waals surface area contributed by atoms with Gasteiger partial charge in [-0.15, -0.1) is 0 Å². The second-order valence-electron chi connectivity index (χ2n) is 5.34. The van der Waals surface area contributed by atoms with Crippen molar-refractivity contribution in [1.82, 2.24) is 4.90 Å². The van der Waals surface area contributed by atoms with Gasteiger partial charge in [-0.05, 0) is 24.8 Å². The van der Waals surface area contributed by atoms with E-state index in [1.165, 1.54) is 11.1 Å². The topological polar surface area (TPSA) is 29.5 Å². The maximum Gasteiger partial charge on any atom is 0.330 e. The molecule has 20 heavy (non-hydrogen) atoms. The van der Waals surface area contributed by atoms with E-state index in [0.717, 1.165) is 26.1 Å². The number of carbonyl (C=O) groups is 1. The smallest absolute Gasteiger partial charge is 0.330 e. The van der Waals surface area contributed by atoms with Crippen LogP contribution in [0.3, 0.4) is 0 Å². The van der Waals surface area contributed by atoms with Crippen LogP contribution in [0, 0.1) is 5.92 Å². The first-order valence-electron chi connectivity index (χ1n) is 7.32. The van der Waals surface area contributed by atoms with Crippen molar-refractivity contribution in [1.29, 1.82) is 0 Å². The summed E-state index contributed by atoms with van der Waals surface area (Å²) in [5.74, 6) is 0.211. The van der Waals surface area contributed by atoms with Gasteiger partial charge in [0.2, 0.25) is 0 Å². The minimum Gasteiger partial charge on any atom is -0.463 e. The molecule has 1 heterocycles. The molecule has 1 fully saturated rings. The number of hydrogen-bond donors (Lipinski definition) is 0. The molecule has 0 N–H and O–H groups in total. The molecule has 0 radical (unpaired) electrons. The third-order valence-corrected chi connectivity index (χ3v) is 3.72. The Balaban J connectivity index is 1.90. The normalized spacial score (nSPS) is 21.9. The molecule has 0 saturated carbocycles. The van der Waals surface area contributed by atoms with Crippen LogP contribution in [-0.4, -0.2) is 30.6 Å².